The fraction of sp³-hybridized carbons (Fsp3) is 0.273. The van der Waals surface area contributed by atoms with E-state index in [9.17, 15) is 0 Å². The molecule has 4 rings (SSSR count). The fourth-order valence-corrected chi connectivity index (χ4v) is 3.75. The third kappa shape index (κ3) is 2.36. The lowest BCUT2D eigenvalue weighted by atomic mass is 9.88. The van der Waals surface area contributed by atoms with Crippen molar-refractivity contribution in [3.8, 4) is 0 Å². The van der Waals surface area contributed by atoms with Gasteiger partial charge in [-0.25, -0.2) is 0 Å². The molecule has 0 amide bonds. The molecule has 1 atom stereocenters. The first-order valence-electron chi connectivity index (χ1n) is 8.57. The van der Waals surface area contributed by atoms with E-state index >= 15 is 0 Å². The van der Waals surface area contributed by atoms with Gasteiger partial charge in [0.25, 0.3) is 0 Å². The Bertz CT molecular complexity index is 952. The van der Waals surface area contributed by atoms with Gasteiger partial charge in [0, 0.05) is 6.04 Å². The molecule has 0 unspecified atom stereocenters. The molecule has 0 fully saturated rings. The monoisotopic (exact) mass is 301 g/mol. The molecule has 0 aliphatic rings. The molecule has 4 aromatic rings. The van der Waals surface area contributed by atoms with Gasteiger partial charge >= 0.3 is 0 Å². The minimum Gasteiger partial charge on any atom is -0.324 e. The smallest absolute Gasteiger partial charge is 0.0301 e. The Morgan fingerprint density at radius 2 is 1.35 bits per heavy atom. The van der Waals surface area contributed by atoms with E-state index < -0.39 is 0 Å². The molecule has 4 aromatic carbocycles. The third-order valence-corrected chi connectivity index (χ3v) is 5.02. The number of hydrogen-bond acceptors (Lipinski definition) is 1. The van der Waals surface area contributed by atoms with Crippen LogP contribution >= 0.6 is 0 Å². The Kier molecular flexibility index (Phi) is 3.46. The Morgan fingerprint density at radius 3 is 2.04 bits per heavy atom. The van der Waals surface area contributed by atoms with Gasteiger partial charge in [0.2, 0.25) is 0 Å². The molecule has 23 heavy (non-hydrogen) atoms. The van der Waals surface area contributed by atoms with E-state index in [1.54, 1.807) is 0 Å². The summed E-state index contributed by atoms with van der Waals surface area (Å²) in [6.45, 7) is 4.52. The number of benzene rings is 4. The summed E-state index contributed by atoms with van der Waals surface area (Å²) in [6, 6.07) is 20.1. The maximum atomic E-state index is 6.54. The van der Waals surface area contributed by atoms with E-state index in [0.717, 1.165) is 6.42 Å². The molecule has 0 aliphatic carbocycles. The van der Waals surface area contributed by atoms with Crippen molar-refractivity contribution in [2.45, 2.75) is 32.7 Å². The summed E-state index contributed by atoms with van der Waals surface area (Å²) in [5, 5.41) is 8.01. The number of rotatable bonds is 4. The lowest BCUT2D eigenvalue weighted by Crippen LogP contribution is -2.11. The molecule has 1 nitrogen and oxygen atoms in total. The molecule has 0 radical (unpaired) electrons. The first-order chi connectivity index (χ1) is 11.1. The van der Waals surface area contributed by atoms with Crippen LogP contribution in [0.25, 0.3) is 32.3 Å². The first kappa shape index (κ1) is 14.5. The van der Waals surface area contributed by atoms with E-state index in [2.05, 4.69) is 68.4 Å². The number of nitrogens with two attached hydrogens (primary N) is 1. The van der Waals surface area contributed by atoms with Gasteiger partial charge in [-0.05, 0) is 56.6 Å². The minimum atomic E-state index is 0.113. The zero-order valence-corrected chi connectivity index (χ0v) is 13.8. The number of hydrogen-bond donors (Lipinski definition) is 1. The van der Waals surface area contributed by atoms with E-state index in [1.165, 1.54) is 44.3 Å². The highest BCUT2D eigenvalue weighted by Gasteiger charge is 2.14. The van der Waals surface area contributed by atoms with Crippen molar-refractivity contribution in [1.82, 2.24) is 0 Å². The molecule has 0 heterocycles. The Morgan fingerprint density at radius 1 is 0.739 bits per heavy atom. The van der Waals surface area contributed by atoms with E-state index in [0.29, 0.717) is 5.92 Å². The van der Waals surface area contributed by atoms with Crippen molar-refractivity contribution in [2.24, 2.45) is 11.7 Å². The molecule has 0 bridgehead atoms. The van der Waals surface area contributed by atoms with Crippen LogP contribution in [0.1, 0.15) is 38.3 Å². The maximum Gasteiger partial charge on any atom is 0.0301 e. The van der Waals surface area contributed by atoms with Crippen LogP contribution in [-0.4, -0.2) is 0 Å². The highest BCUT2D eigenvalue weighted by atomic mass is 14.6. The van der Waals surface area contributed by atoms with Crippen LogP contribution in [-0.2, 0) is 0 Å². The SMILES string of the molecule is CC(C)CC[C@H](N)c1ccc2ccc3cccc4ccc1c2c34. The van der Waals surface area contributed by atoms with Crippen molar-refractivity contribution < 1.29 is 0 Å². The summed E-state index contributed by atoms with van der Waals surface area (Å²) in [5.74, 6) is 0.695. The zero-order chi connectivity index (χ0) is 16.0. The van der Waals surface area contributed by atoms with Crippen LogP contribution in [0, 0.1) is 5.92 Å². The second-order valence-corrected chi connectivity index (χ2v) is 7.09. The second-order valence-electron chi connectivity index (χ2n) is 7.09. The largest absolute Gasteiger partial charge is 0.324 e. The molecule has 1 heteroatoms. The van der Waals surface area contributed by atoms with Gasteiger partial charge in [-0.15, -0.1) is 0 Å². The van der Waals surface area contributed by atoms with Crippen LogP contribution in [0.15, 0.2) is 54.6 Å². The summed E-state index contributed by atoms with van der Waals surface area (Å²) in [7, 11) is 0. The summed E-state index contributed by atoms with van der Waals surface area (Å²) in [6.07, 6.45) is 2.21. The second kappa shape index (κ2) is 5.50. The fourth-order valence-electron chi connectivity index (χ4n) is 3.75. The highest BCUT2D eigenvalue weighted by Crippen LogP contribution is 2.37. The maximum absolute atomic E-state index is 6.54. The van der Waals surface area contributed by atoms with Gasteiger partial charge < -0.3 is 5.73 Å². The van der Waals surface area contributed by atoms with Crippen molar-refractivity contribution in [3.05, 3.63) is 60.2 Å². The van der Waals surface area contributed by atoms with Crippen LogP contribution < -0.4 is 5.73 Å². The van der Waals surface area contributed by atoms with E-state index in [4.69, 9.17) is 5.73 Å². The highest BCUT2D eigenvalue weighted by molar-refractivity contribution is 6.23. The zero-order valence-electron chi connectivity index (χ0n) is 13.8. The standard InChI is InChI=1S/C22H23N/c1-14(2)6-13-20(23)18-11-9-17-8-7-15-4-3-5-16-10-12-19(18)22(17)21(15)16/h3-5,7-12,14,20H,6,13,23H2,1-2H3/t20-/m0/s1. The van der Waals surface area contributed by atoms with Crippen molar-refractivity contribution >= 4 is 32.3 Å². The molecule has 0 aliphatic heterocycles. The van der Waals surface area contributed by atoms with E-state index in [-0.39, 0.29) is 6.04 Å². The van der Waals surface area contributed by atoms with Crippen molar-refractivity contribution in [3.63, 3.8) is 0 Å². The van der Waals surface area contributed by atoms with Crippen LogP contribution in [0.5, 0.6) is 0 Å². The van der Waals surface area contributed by atoms with Crippen molar-refractivity contribution in [2.75, 3.05) is 0 Å². The normalized spacial score (nSPS) is 13.6. The topological polar surface area (TPSA) is 26.0 Å². The van der Waals surface area contributed by atoms with Gasteiger partial charge in [-0.1, -0.05) is 68.4 Å². The molecule has 0 saturated heterocycles. The van der Waals surface area contributed by atoms with Gasteiger partial charge in [0.15, 0.2) is 0 Å². The lowest BCUT2D eigenvalue weighted by Gasteiger charge is -2.18. The third-order valence-electron chi connectivity index (χ3n) is 5.02. The van der Waals surface area contributed by atoms with Gasteiger partial charge in [-0.3, -0.25) is 0 Å². The Hall–Kier alpha value is -2.12. The predicted octanol–water partition coefficient (Wildman–Crippen LogP) is 6.02. The Labute approximate surface area is 137 Å². The summed E-state index contributed by atoms with van der Waals surface area (Å²) >= 11 is 0. The quantitative estimate of drug-likeness (QED) is 0.458. The molecule has 2 N–H and O–H groups in total. The predicted molar refractivity (Wildman–Crippen MR) is 101 cm³/mol. The van der Waals surface area contributed by atoms with Gasteiger partial charge in [-0.2, -0.15) is 0 Å². The average molecular weight is 301 g/mol. The first-order valence-corrected chi connectivity index (χ1v) is 8.57. The molecule has 0 aromatic heterocycles. The van der Waals surface area contributed by atoms with E-state index in [1.807, 2.05) is 0 Å². The average Bonchev–Trinajstić information content (AvgIpc) is 2.57. The molecular weight excluding hydrogens is 278 g/mol. The summed E-state index contributed by atoms with van der Waals surface area (Å²) in [5.41, 5.74) is 7.83. The van der Waals surface area contributed by atoms with Crippen LogP contribution in [0.3, 0.4) is 0 Å². The summed E-state index contributed by atoms with van der Waals surface area (Å²) < 4.78 is 0. The molecule has 0 saturated carbocycles. The Balaban J connectivity index is 1.96. The lowest BCUT2D eigenvalue weighted by molar-refractivity contribution is 0.508. The summed E-state index contributed by atoms with van der Waals surface area (Å²) in [4.78, 5) is 0. The van der Waals surface area contributed by atoms with Gasteiger partial charge in [0.1, 0.15) is 0 Å². The molecular formula is C22H23N. The van der Waals surface area contributed by atoms with Crippen molar-refractivity contribution in [1.29, 1.82) is 0 Å². The molecule has 0 spiro atoms. The van der Waals surface area contributed by atoms with Crippen LogP contribution in [0.2, 0.25) is 0 Å². The van der Waals surface area contributed by atoms with Crippen LogP contribution in [0.4, 0.5) is 0 Å². The van der Waals surface area contributed by atoms with Gasteiger partial charge in [0.05, 0.1) is 0 Å². The molecule has 116 valence electrons. The minimum absolute atomic E-state index is 0.113.